The van der Waals surface area contributed by atoms with Crippen LogP contribution in [-0.4, -0.2) is 30.3 Å². The van der Waals surface area contributed by atoms with Crippen molar-refractivity contribution in [1.29, 1.82) is 0 Å². The molecule has 1 aromatic heterocycles. The fraction of sp³-hybridized carbons (Fsp3) is 0.625. The zero-order valence-electron chi connectivity index (χ0n) is 9.13. The lowest BCUT2D eigenvalue weighted by atomic mass is 9.89. The summed E-state index contributed by atoms with van der Waals surface area (Å²) in [5.41, 5.74) is 5.59. The van der Waals surface area contributed by atoms with Crippen molar-refractivity contribution in [3.8, 4) is 0 Å². The minimum absolute atomic E-state index is 0. The first-order valence-corrected chi connectivity index (χ1v) is 6.71. The Morgan fingerprint density at radius 2 is 2.18 bits per heavy atom. The molecule has 0 bridgehead atoms. The molecule has 0 radical (unpaired) electrons. The number of rotatable bonds is 3. The molecule has 0 unspecified atom stereocenters. The summed E-state index contributed by atoms with van der Waals surface area (Å²) >= 11 is 5.78. The van der Waals surface area contributed by atoms with Crippen LogP contribution >= 0.6 is 24.0 Å². The van der Waals surface area contributed by atoms with E-state index in [0.717, 1.165) is 0 Å². The molecule has 98 valence electrons. The standard InChI is InChI=1S/C8H13ClN4O2S.ClH/c1-13-8(7(9)4-11-13)16(14,15)12-6-2-5(10)3-6;/h4-6,12H,2-3,10H2,1H3;1H. The van der Waals surface area contributed by atoms with Crippen LogP contribution in [0.4, 0.5) is 0 Å². The third kappa shape index (κ3) is 2.92. The quantitative estimate of drug-likeness (QED) is 0.838. The van der Waals surface area contributed by atoms with Crippen molar-refractivity contribution in [2.45, 2.75) is 30.0 Å². The first-order valence-electron chi connectivity index (χ1n) is 4.85. The summed E-state index contributed by atoms with van der Waals surface area (Å²) in [5, 5.41) is 3.91. The van der Waals surface area contributed by atoms with E-state index in [4.69, 9.17) is 17.3 Å². The smallest absolute Gasteiger partial charge is 0.259 e. The van der Waals surface area contributed by atoms with E-state index in [-0.39, 0.29) is 34.5 Å². The Bertz CT molecular complexity index is 476. The lowest BCUT2D eigenvalue weighted by Gasteiger charge is -2.32. The second kappa shape index (κ2) is 5.11. The van der Waals surface area contributed by atoms with Gasteiger partial charge in [0.05, 0.1) is 11.2 Å². The Morgan fingerprint density at radius 1 is 1.59 bits per heavy atom. The highest BCUT2D eigenvalue weighted by molar-refractivity contribution is 7.89. The number of halogens is 2. The third-order valence-corrected chi connectivity index (χ3v) is 4.62. The van der Waals surface area contributed by atoms with Gasteiger partial charge >= 0.3 is 0 Å². The van der Waals surface area contributed by atoms with Gasteiger partial charge in [-0.25, -0.2) is 13.1 Å². The van der Waals surface area contributed by atoms with Gasteiger partial charge in [-0.3, -0.25) is 4.68 Å². The van der Waals surface area contributed by atoms with E-state index >= 15 is 0 Å². The molecular formula is C8H14Cl2N4O2S. The summed E-state index contributed by atoms with van der Waals surface area (Å²) in [5.74, 6) is 0. The first kappa shape index (κ1) is 14.7. The van der Waals surface area contributed by atoms with Crippen LogP contribution in [0.15, 0.2) is 11.2 Å². The highest BCUT2D eigenvalue weighted by atomic mass is 35.5. The number of hydrogen-bond donors (Lipinski definition) is 2. The number of hydrogen-bond acceptors (Lipinski definition) is 4. The average molecular weight is 301 g/mol. The van der Waals surface area contributed by atoms with E-state index < -0.39 is 10.0 Å². The Morgan fingerprint density at radius 3 is 2.59 bits per heavy atom. The van der Waals surface area contributed by atoms with Crippen molar-refractivity contribution < 1.29 is 8.42 Å². The van der Waals surface area contributed by atoms with E-state index in [9.17, 15) is 8.42 Å². The van der Waals surface area contributed by atoms with Crippen molar-refractivity contribution in [2.75, 3.05) is 0 Å². The molecular weight excluding hydrogens is 287 g/mol. The van der Waals surface area contributed by atoms with Crippen LogP contribution in [-0.2, 0) is 17.1 Å². The van der Waals surface area contributed by atoms with Crippen molar-refractivity contribution in [3.63, 3.8) is 0 Å². The van der Waals surface area contributed by atoms with Crippen LogP contribution in [0.5, 0.6) is 0 Å². The Labute approximate surface area is 111 Å². The van der Waals surface area contributed by atoms with Crippen LogP contribution < -0.4 is 10.5 Å². The van der Waals surface area contributed by atoms with E-state index in [1.54, 1.807) is 0 Å². The normalized spacial score (nSPS) is 23.9. The van der Waals surface area contributed by atoms with Crippen LogP contribution in [0, 0.1) is 0 Å². The van der Waals surface area contributed by atoms with Crippen LogP contribution in [0.2, 0.25) is 5.02 Å². The summed E-state index contributed by atoms with van der Waals surface area (Å²) in [4.78, 5) is 0. The molecule has 1 fully saturated rings. The summed E-state index contributed by atoms with van der Waals surface area (Å²) in [6.45, 7) is 0. The molecule has 0 spiro atoms. The number of sulfonamides is 1. The molecule has 0 amide bonds. The first-order chi connectivity index (χ1) is 7.40. The van der Waals surface area contributed by atoms with Gasteiger partial charge in [0.1, 0.15) is 0 Å². The number of nitrogens with zero attached hydrogens (tertiary/aromatic N) is 2. The zero-order valence-corrected chi connectivity index (χ0v) is 11.5. The summed E-state index contributed by atoms with van der Waals surface area (Å²) in [7, 11) is -2.06. The minimum Gasteiger partial charge on any atom is -0.328 e. The molecule has 17 heavy (non-hydrogen) atoms. The molecule has 1 aromatic rings. The fourth-order valence-corrected chi connectivity index (χ4v) is 3.65. The van der Waals surface area contributed by atoms with E-state index in [0.29, 0.717) is 12.8 Å². The molecule has 0 aliphatic heterocycles. The Kier molecular flexibility index (Phi) is 4.43. The number of aromatic nitrogens is 2. The predicted octanol–water partition coefficient (Wildman–Crippen LogP) is 0.263. The molecule has 0 aromatic carbocycles. The van der Waals surface area contributed by atoms with Crippen LogP contribution in [0.25, 0.3) is 0 Å². The van der Waals surface area contributed by atoms with Gasteiger partial charge in [-0.15, -0.1) is 12.4 Å². The van der Waals surface area contributed by atoms with E-state index in [1.807, 2.05) is 0 Å². The molecule has 1 aliphatic carbocycles. The summed E-state index contributed by atoms with van der Waals surface area (Å²) < 4.78 is 27.7. The van der Waals surface area contributed by atoms with E-state index in [1.165, 1.54) is 17.9 Å². The highest BCUT2D eigenvalue weighted by Gasteiger charge is 2.32. The van der Waals surface area contributed by atoms with Gasteiger partial charge in [-0.2, -0.15) is 5.10 Å². The summed E-state index contributed by atoms with van der Waals surface area (Å²) in [6.07, 6.45) is 2.63. The predicted molar refractivity (Wildman–Crippen MR) is 66.8 cm³/mol. The maximum atomic E-state index is 11.9. The van der Waals surface area contributed by atoms with E-state index in [2.05, 4.69) is 9.82 Å². The number of nitrogens with one attached hydrogen (secondary N) is 1. The second-order valence-corrected chi connectivity index (χ2v) is 6.01. The van der Waals surface area contributed by atoms with Crippen molar-refractivity contribution >= 4 is 34.0 Å². The third-order valence-electron chi connectivity index (χ3n) is 2.59. The maximum Gasteiger partial charge on any atom is 0.259 e. The molecule has 1 aliphatic rings. The van der Waals surface area contributed by atoms with Gasteiger partial charge in [0.25, 0.3) is 10.0 Å². The molecule has 0 saturated heterocycles. The lowest BCUT2D eigenvalue weighted by Crippen LogP contribution is -2.50. The van der Waals surface area contributed by atoms with Gasteiger partial charge in [-0.05, 0) is 12.8 Å². The van der Waals surface area contributed by atoms with Crippen molar-refractivity contribution in [1.82, 2.24) is 14.5 Å². The van der Waals surface area contributed by atoms with Crippen molar-refractivity contribution in [3.05, 3.63) is 11.2 Å². The number of aryl methyl sites for hydroxylation is 1. The lowest BCUT2D eigenvalue weighted by molar-refractivity contribution is 0.326. The summed E-state index contributed by atoms with van der Waals surface area (Å²) in [6, 6.07) is 0.000626. The zero-order chi connectivity index (χ0) is 11.9. The molecule has 6 nitrogen and oxygen atoms in total. The second-order valence-electron chi connectivity index (χ2n) is 3.97. The van der Waals surface area contributed by atoms with Crippen LogP contribution in [0.1, 0.15) is 12.8 Å². The van der Waals surface area contributed by atoms with Gasteiger partial charge in [-0.1, -0.05) is 11.6 Å². The van der Waals surface area contributed by atoms with Gasteiger partial charge < -0.3 is 5.73 Å². The Balaban J connectivity index is 0.00000144. The van der Waals surface area contributed by atoms with Gasteiger partial charge in [0.2, 0.25) is 0 Å². The highest BCUT2D eigenvalue weighted by Crippen LogP contribution is 2.23. The maximum absolute atomic E-state index is 11.9. The molecule has 0 atom stereocenters. The van der Waals surface area contributed by atoms with Gasteiger partial charge in [0.15, 0.2) is 5.03 Å². The topological polar surface area (TPSA) is 90.0 Å². The number of nitrogens with two attached hydrogens (primary N) is 1. The molecule has 9 heteroatoms. The van der Waals surface area contributed by atoms with Gasteiger partial charge in [0, 0.05) is 19.1 Å². The molecule has 1 saturated carbocycles. The largest absolute Gasteiger partial charge is 0.328 e. The monoisotopic (exact) mass is 300 g/mol. The molecule has 2 rings (SSSR count). The van der Waals surface area contributed by atoms with Crippen LogP contribution in [0.3, 0.4) is 0 Å². The average Bonchev–Trinajstić information content (AvgIpc) is 2.43. The minimum atomic E-state index is -3.60. The SMILES string of the molecule is Cl.Cn1ncc(Cl)c1S(=O)(=O)NC1CC(N)C1. The van der Waals surface area contributed by atoms with Crippen molar-refractivity contribution in [2.24, 2.45) is 12.8 Å². The fourth-order valence-electron chi connectivity index (χ4n) is 1.74. The molecule has 1 heterocycles. The Hall–Kier alpha value is -0.340. The molecule has 3 N–H and O–H groups in total.